The quantitative estimate of drug-likeness (QED) is 0.911. The first-order chi connectivity index (χ1) is 10.2. The zero-order valence-electron chi connectivity index (χ0n) is 12.4. The van der Waals surface area contributed by atoms with E-state index in [1.165, 1.54) is 5.56 Å². The number of fused-ring (bicyclic) bond motifs is 1. The molecule has 0 saturated heterocycles. The van der Waals surface area contributed by atoms with Crippen LogP contribution >= 0.6 is 0 Å². The van der Waals surface area contributed by atoms with Crippen molar-refractivity contribution < 1.29 is 4.79 Å². The van der Waals surface area contributed by atoms with Gasteiger partial charge in [-0.1, -0.05) is 13.0 Å². The molecule has 0 atom stereocenters. The molecule has 0 fully saturated rings. The van der Waals surface area contributed by atoms with Crippen LogP contribution in [0.15, 0.2) is 24.4 Å². The first-order valence-corrected chi connectivity index (χ1v) is 7.38. The van der Waals surface area contributed by atoms with Crippen LogP contribution in [0.25, 0.3) is 0 Å². The summed E-state index contributed by atoms with van der Waals surface area (Å²) in [4.78, 5) is 12.5. The molecule has 1 amide bonds. The molecule has 2 N–H and O–H groups in total. The summed E-state index contributed by atoms with van der Waals surface area (Å²) in [5.74, 6) is -0.0843. The zero-order chi connectivity index (χ0) is 14.8. The summed E-state index contributed by atoms with van der Waals surface area (Å²) in [6.45, 7) is 3.00. The summed E-state index contributed by atoms with van der Waals surface area (Å²) in [6.07, 6.45) is 4.61. The van der Waals surface area contributed by atoms with Crippen molar-refractivity contribution in [3.05, 3.63) is 41.2 Å². The highest BCUT2D eigenvalue weighted by Gasteiger charge is 2.18. The number of aromatic nitrogens is 2. The lowest BCUT2D eigenvalue weighted by Gasteiger charge is -2.21. The predicted octanol–water partition coefficient (Wildman–Crippen LogP) is 2.59. The van der Waals surface area contributed by atoms with Crippen LogP contribution in [-0.4, -0.2) is 22.2 Å². The standard InChI is InChI=1S/C16H20N4O/c1-3-13-12(10-20(2)19-13)16(21)18-15-8-4-7-14-11(15)6-5-9-17-14/h4,7-8,10,17H,3,5-6,9H2,1-2H3,(H,18,21). The largest absolute Gasteiger partial charge is 0.385 e. The molecule has 2 heterocycles. The number of carbonyl (C=O) groups excluding carboxylic acids is 1. The number of hydrogen-bond donors (Lipinski definition) is 2. The van der Waals surface area contributed by atoms with Gasteiger partial charge in [-0.2, -0.15) is 5.10 Å². The van der Waals surface area contributed by atoms with Crippen molar-refractivity contribution in [2.24, 2.45) is 7.05 Å². The third kappa shape index (κ3) is 2.63. The maximum atomic E-state index is 12.5. The van der Waals surface area contributed by atoms with Gasteiger partial charge in [-0.05, 0) is 37.0 Å². The summed E-state index contributed by atoms with van der Waals surface area (Å²) in [5.41, 5.74) is 4.70. The van der Waals surface area contributed by atoms with Crippen molar-refractivity contribution >= 4 is 17.3 Å². The Kier molecular flexibility index (Phi) is 3.64. The number of benzene rings is 1. The van der Waals surface area contributed by atoms with Crippen LogP contribution < -0.4 is 10.6 Å². The Balaban J connectivity index is 1.88. The van der Waals surface area contributed by atoms with E-state index in [-0.39, 0.29) is 5.91 Å². The average Bonchev–Trinajstić information content (AvgIpc) is 2.89. The van der Waals surface area contributed by atoms with Crippen molar-refractivity contribution in [2.45, 2.75) is 26.2 Å². The number of carbonyl (C=O) groups is 1. The molecule has 5 nitrogen and oxygen atoms in total. The normalized spacial score (nSPS) is 13.4. The topological polar surface area (TPSA) is 59.0 Å². The lowest BCUT2D eigenvalue weighted by Crippen LogP contribution is -2.18. The Morgan fingerprint density at radius 1 is 1.48 bits per heavy atom. The molecule has 0 aliphatic carbocycles. The van der Waals surface area contributed by atoms with Gasteiger partial charge in [0.1, 0.15) is 0 Å². The van der Waals surface area contributed by atoms with E-state index in [4.69, 9.17) is 0 Å². The second kappa shape index (κ2) is 5.60. The summed E-state index contributed by atoms with van der Waals surface area (Å²) in [6, 6.07) is 5.99. The molecule has 0 unspecified atom stereocenters. The van der Waals surface area contributed by atoms with Crippen molar-refractivity contribution in [2.75, 3.05) is 17.2 Å². The fourth-order valence-corrected chi connectivity index (χ4v) is 2.80. The predicted molar refractivity (Wildman–Crippen MR) is 83.8 cm³/mol. The molecule has 1 aliphatic rings. The number of rotatable bonds is 3. The van der Waals surface area contributed by atoms with E-state index in [9.17, 15) is 4.79 Å². The van der Waals surface area contributed by atoms with Crippen LogP contribution in [0.4, 0.5) is 11.4 Å². The van der Waals surface area contributed by atoms with Crippen molar-refractivity contribution in [3.63, 3.8) is 0 Å². The van der Waals surface area contributed by atoms with Crippen LogP contribution in [0.3, 0.4) is 0 Å². The average molecular weight is 284 g/mol. The first kappa shape index (κ1) is 13.7. The molecular weight excluding hydrogens is 264 g/mol. The molecule has 1 aromatic carbocycles. The Hall–Kier alpha value is -2.30. The molecule has 1 aromatic heterocycles. The summed E-state index contributed by atoms with van der Waals surface area (Å²) < 4.78 is 1.69. The maximum Gasteiger partial charge on any atom is 0.259 e. The number of nitrogens with zero attached hydrogens (tertiary/aromatic N) is 2. The molecule has 2 aromatic rings. The molecule has 21 heavy (non-hydrogen) atoms. The molecule has 0 saturated carbocycles. The van der Waals surface area contributed by atoms with Gasteiger partial charge in [0.25, 0.3) is 5.91 Å². The van der Waals surface area contributed by atoms with Crippen LogP contribution in [0.5, 0.6) is 0 Å². The molecule has 0 bridgehead atoms. The fraction of sp³-hybridized carbons (Fsp3) is 0.375. The van der Waals surface area contributed by atoms with Crippen molar-refractivity contribution in [1.82, 2.24) is 9.78 Å². The Morgan fingerprint density at radius 2 is 2.33 bits per heavy atom. The van der Waals surface area contributed by atoms with E-state index >= 15 is 0 Å². The molecule has 3 rings (SSSR count). The van der Waals surface area contributed by atoms with Crippen LogP contribution in [-0.2, 0) is 19.9 Å². The Bertz CT molecular complexity index is 675. The minimum atomic E-state index is -0.0843. The molecule has 0 radical (unpaired) electrons. The van der Waals surface area contributed by atoms with Gasteiger partial charge in [-0.25, -0.2) is 0 Å². The number of amides is 1. The highest BCUT2D eigenvalue weighted by atomic mass is 16.1. The highest BCUT2D eigenvalue weighted by molar-refractivity contribution is 6.05. The first-order valence-electron chi connectivity index (χ1n) is 7.38. The third-order valence-electron chi connectivity index (χ3n) is 3.83. The highest BCUT2D eigenvalue weighted by Crippen LogP contribution is 2.29. The van der Waals surface area contributed by atoms with E-state index < -0.39 is 0 Å². The van der Waals surface area contributed by atoms with Crippen molar-refractivity contribution in [1.29, 1.82) is 0 Å². The van der Waals surface area contributed by atoms with E-state index in [1.807, 2.05) is 26.1 Å². The van der Waals surface area contributed by atoms with Gasteiger partial charge >= 0.3 is 0 Å². The fourth-order valence-electron chi connectivity index (χ4n) is 2.80. The monoisotopic (exact) mass is 284 g/mol. The minimum absolute atomic E-state index is 0.0843. The maximum absolute atomic E-state index is 12.5. The van der Waals surface area contributed by atoms with E-state index in [2.05, 4.69) is 21.8 Å². The molecule has 5 heteroatoms. The molecular formula is C16H20N4O. The third-order valence-corrected chi connectivity index (χ3v) is 3.83. The van der Waals surface area contributed by atoms with Crippen LogP contribution in [0.1, 0.15) is 35.0 Å². The lowest BCUT2D eigenvalue weighted by atomic mass is 10.0. The Labute approximate surface area is 124 Å². The lowest BCUT2D eigenvalue weighted by molar-refractivity contribution is 0.102. The minimum Gasteiger partial charge on any atom is -0.385 e. The number of aryl methyl sites for hydroxylation is 2. The Morgan fingerprint density at radius 3 is 3.14 bits per heavy atom. The van der Waals surface area contributed by atoms with Gasteiger partial charge in [0.05, 0.1) is 11.3 Å². The van der Waals surface area contributed by atoms with Crippen molar-refractivity contribution in [3.8, 4) is 0 Å². The number of nitrogens with one attached hydrogen (secondary N) is 2. The van der Waals surface area contributed by atoms with Crippen LogP contribution in [0.2, 0.25) is 0 Å². The SMILES string of the molecule is CCc1nn(C)cc1C(=O)Nc1cccc2c1CCCN2. The molecule has 1 aliphatic heterocycles. The van der Waals surface area contributed by atoms with Gasteiger partial charge in [0.2, 0.25) is 0 Å². The van der Waals surface area contributed by atoms with Gasteiger partial charge in [-0.15, -0.1) is 0 Å². The second-order valence-corrected chi connectivity index (χ2v) is 5.33. The molecule has 0 spiro atoms. The summed E-state index contributed by atoms with van der Waals surface area (Å²) in [7, 11) is 1.84. The summed E-state index contributed by atoms with van der Waals surface area (Å²) in [5, 5.41) is 10.7. The number of hydrogen-bond acceptors (Lipinski definition) is 3. The zero-order valence-corrected chi connectivity index (χ0v) is 12.4. The van der Waals surface area contributed by atoms with Gasteiger partial charge < -0.3 is 10.6 Å². The van der Waals surface area contributed by atoms with Crippen LogP contribution in [0, 0.1) is 0 Å². The van der Waals surface area contributed by atoms with Gasteiger partial charge in [0, 0.05) is 31.2 Å². The summed E-state index contributed by atoms with van der Waals surface area (Å²) >= 11 is 0. The van der Waals surface area contributed by atoms with E-state index in [0.717, 1.165) is 42.9 Å². The number of anilines is 2. The van der Waals surface area contributed by atoms with Gasteiger partial charge in [0.15, 0.2) is 0 Å². The smallest absolute Gasteiger partial charge is 0.259 e. The molecule has 110 valence electrons. The van der Waals surface area contributed by atoms with Gasteiger partial charge in [-0.3, -0.25) is 9.48 Å². The second-order valence-electron chi connectivity index (χ2n) is 5.33. The van der Waals surface area contributed by atoms with E-state index in [0.29, 0.717) is 5.56 Å². The van der Waals surface area contributed by atoms with E-state index in [1.54, 1.807) is 10.9 Å².